The van der Waals surface area contributed by atoms with Gasteiger partial charge in [-0.05, 0) is 55.0 Å². The molecule has 0 fully saturated rings. The summed E-state index contributed by atoms with van der Waals surface area (Å²) in [7, 11) is 1.35. The number of Topliss-reactive ketones (excluding diaryl/α,β-unsaturated/α-hetero) is 1. The molecule has 0 spiro atoms. The van der Waals surface area contributed by atoms with E-state index in [4.69, 9.17) is 14.6 Å². The van der Waals surface area contributed by atoms with E-state index in [-0.39, 0.29) is 11.5 Å². The molecule has 0 saturated heterocycles. The highest BCUT2D eigenvalue weighted by Gasteiger charge is 2.26. The van der Waals surface area contributed by atoms with Crippen molar-refractivity contribution in [2.45, 2.75) is 19.1 Å². The van der Waals surface area contributed by atoms with Gasteiger partial charge >= 0.3 is 12.1 Å². The molecule has 1 amide bonds. The lowest BCUT2D eigenvalue weighted by atomic mass is 10.0. The molecule has 8 heteroatoms. The van der Waals surface area contributed by atoms with Gasteiger partial charge in [0.15, 0.2) is 11.9 Å². The van der Waals surface area contributed by atoms with Gasteiger partial charge in [-0.3, -0.25) is 10.1 Å². The number of benzene rings is 2. The largest absolute Gasteiger partial charge is 0.508 e. The van der Waals surface area contributed by atoms with Crippen LogP contribution in [0, 0.1) is 0 Å². The zero-order valence-corrected chi connectivity index (χ0v) is 15.9. The summed E-state index contributed by atoms with van der Waals surface area (Å²) in [5.41, 5.74) is 1.41. The number of ether oxygens (including phenoxy) is 2. The van der Waals surface area contributed by atoms with Crippen molar-refractivity contribution in [2.24, 2.45) is 0 Å². The fourth-order valence-electron chi connectivity index (χ4n) is 2.52. The highest BCUT2D eigenvalue weighted by molar-refractivity contribution is 5.95. The van der Waals surface area contributed by atoms with Gasteiger partial charge in [0.25, 0.3) is 0 Å². The number of carbonyl (C=O) groups is 3. The van der Waals surface area contributed by atoms with Crippen molar-refractivity contribution in [3.63, 3.8) is 0 Å². The van der Waals surface area contributed by atoms with Gasteiger partial charge in [-0.15, -0.1) is 0 Å². The van der Waals surface area contributed by atoms with Gasteiger partial charge in [0, 0.05) is 24.4 Å². The summed E-state index contributed by atoms with van der Waals surface area (Å²) in [6.45, 7) is 1.44. The zero-order chi connectivity index (χ0) is 21.4. The molecule has 0 aliphatic rings. The SMILES string of the molecule is CO[C@H](/C=C/C(=O)O)[C@H](OC(=O)Nc1ccc(C(C)=O)cc1)c1ccc(O)cc1. The second kappa shape index (κ2) is 10.0. The Labute approximate surface area is 167 Å². The van der Waals surface area contributed by atoms with E-state index in [0.717, 1.165) is 6.08 Å². The summed E-state index contributed by atoms with van der Waals surface area (Å²) >= 11 is 0. The van der Waals surface area contributed by atoms with Crippen molar-refractivity contribution in [1.82, 2.24) is 0 Å². The number of phenols is 1. The summed E-state index contributed by atoms with van der Waals surface area (Å²) in [6.07, 6.45) is -0.517. The van der Waals surface area contributed by atoms with Crippen LogP contribution in [0.3, 0.4) is 0 Å². The lowest BCUT2D eigenvalue weighted by molar-refractivity contribution is -0.131. The van der Waals surface area contributed by atoms with Crippen molar-refractivity contribution in [3.8, 4) is 5.75 Å². The van der Waals surface area contributed by atoms with Gasteiger partial charge in [-0.25, -0.2) is 9.59 Å². The van der Waals surface area contributed by atoms with Gasteiger partial charge in [0.1, 0.15) is 11.9 Å². The lowest BCUT2D eigenvalue weighted by Crippen LogP contribution is -2.27. The molecule has 0 radical (unpaired) electrons. The molecule has 3 N–H and O–H groups in total. The maximum Gasteiger partial charge on any atom is 0.412 e. The highest BCUT2D eigenvalue weighted by atomic mass is 16.6. The second-order valence-corrected chi connectivity index (χ2v) is 6.07. The minimum atomic E-state index is -1.17. The first-order valence-electron chi connectivity index (χ1n) is 8.61. The van der Waals surface area contributed by atoms with E-state index in [1.54, 1.807) is 24.3 Å². The minimum absolute atomic E-state index is 0.0255. The first kappa shape index (κ1) is 21.6. The van der Waals surface area contributed by atoms with E-state index in [0.29, 0.717) is 16.8 Å². The maximum absolute atomic E-state index is 12.4. The first-order valence-corrected chi connectivity index (χ1v) is 8.61. The third-order valence-electron chi connectivity index (χ3n) is 3.99. The minimum Gasteiger partial charge on any atom is -0.508 e. The van der Waals surface area contributed by atoms with Crippen LogP contribution in [0.4, 0.5) is 10.5 Å². The number of methoxy groups -OCH3 is 1. The Kier molecular flexibility index (Phi) is 7.50. The van der Waals surface area contributed by atoms with Crippen LogP contribution in [0.2, 0.25) is 0 Å². The maximum atomic E-state index is 12.4. The van der Waals surface area contributed by atoms with Gasteiger partial charge < -0.3 is 19.7 Å². The molecule has 0 saturated carbocycles. The topological polar surface area (TPSA) is 122 Å². The molecule has 0 aromatic heterocycles. The van der Waals surface area contributed by atoms with Crippen LogP contribution >= 0.6 is 0 Å². The number of amides is 1. The molecule has 2 rings (SSSR count). The Morgan fingerprint density at radius 3 is 2.17 bits per heavy atom. The third kappa shape index (κ3) is 6.47. The van der Waals surface area contributed by atoms with Gasteiger partial charge in [-0.2, -0.15) is 0 Å². The smallest absolute Gasteiger partial charge is 0.412 e. The molecular weight excluding hydrogens is 378 g/mol. The molecule has 2 aromatic carbocycles. The molecule has 0 aliphatic heterocycles. The monoisotopic (exact) mass is 399 g/mol. The van der Waals surface area contributed by atoms with Crippen molar-refractivity contribution in [2.75, 3.05) is 12.4 Å². The lowest BCUT2D eigenvalue weighted by Gasteiger charge is -2.24. The summed E-state index contributed by atoms with van der Waals surface area (Å²) < 4.78 is 10.8. The van der Waals surface area contributed by atoms with Crippen LogP contribution < -0.4 is 5.32 Å². The molecule has 2 atom stereocenters. The molecule has 0 aliphatic carbocycles. The van der Waals surface area contributed by atoms with Gasteiger partial charge in [0.2, 0.25) is 0 Å². The van der Waals surface area contributed by atoms with Crippen molar-refractivity contribution < 1.29 is 34.1 Å². The van der Waals surface area contributed by atoms with Crippen molar-refractivity contribution in [1.29, 1.82) is 0 Å². The summed E-state index contributed by atoms with van der Waals surface area (Å²) in [5.74, 6) is -1.25. The number of rotatable bonds is 8. The van der Waals surface area contributed by atoms with Crippen molar-refractivity contribution in [3.05, 3.63) is 71.8 Å². The molecule has 29 heavy (non-hydrogen) atoms. The Morgan fingerprint density at radius 2 is 1.66 bits per heavy atom. The number of aromatic hydroxyl groups is 1. The normalized spacial score (nSPS) is 12.9. The number of phenolic OH excluding ortho intramolecular Hbond substituents is 1. The predicted molar refractivity (Wildman–Crippen MR) is 105 cm³/mol. The molecular formula is C21H21NO7. The average Bonchev–Trinajstić information content (AvgIpc) is 2.68. The van der Waals surface area contributed by atoms with Gasteiger partial charge in [-0.1, -0.05) is 12.1 Å². The molecule has 8 nitrogen and oxygen atoms in total. The average molecular weight is 399 g/mol. The second-order valence-electron chi connectivity index (χ2n) is 6.07. The van der Waals surface area contributed by atoms with Crippen LogP contribution in [-0.2, 0) is 14.3 Å². The van der Waals surface area contributed by atoms with E-state index >= 15 is 0 Å². The quantitative estimate of drug-likeness (QED) is 0.458. The Bertz CT molecular complexity index is 888. The van der Waals surface area contributed by atoms with E-state index in [9.17, 15) is 19.5 Å². The van der Waals surface area contributed by atoms with E-state index in [1.807, 2.05) is 0 Å². The highest BCUT2D eigenvalue weighted by Crippen LogP contribution is 2.27. The molecule has 152 valence electrons. The number of carboxylic acids is 1. The summed E-state index contributed by atoms with van der Waals surface area (Å²) in [5, 5.41) is 20.9. The number of hydrogen-bond acceptors (Lipinski definition) is 6. The van der Waals surface area contributed by atoms with Crippen LogP contribution in [0.15, 0.2) is 60.7 Å². The zero-order valence-electron chi connectivity index (χ0n) is 15.9. The summed E-state index contributed by atoms with van der Waals surface area (Å²) in [4.78, 5) is 34.6. The van der Waals surface area contributed by atoms with Crippen LogP contribution in [-0.4, -0.2) is 41.3 Å². The van der Waals surface area contributed by atoms with E-state index < -0.39 is 24.3 Å². The van der Waals surface area contributed by atoms with E-state index in [1.165, 1.54) is 44.4 Å². The standard InChI is InChI=1S/C21H21NO7/c1-13(23)14-3-7-16(8-4-14)22-21(27)29-20(15-5-9-17(24)10-6-15)18(28-2)11-12-19(25)26/h3-12,18,20,24H,1-2H3,(H,22,27)(H,25,26)/b12-11+/t18-,20-/m1/s1. The Balaban J connectivity index is 2.21. The third-order valence-corrected chi connectivity index (χ3v) is 3.99. The predicted octanol–water partition coefficient (Wildman–Crippen LogP) is 3.54. The number of carboxylic acid groups (broad SMARTS) is 1. The number of carbonyl (C=O) groups excluding carboxylic acids is 2. The molecule has 0 unspecified atom stereocenters. The molecule has 0 heterocycles. The number of ketones is 1. The van der Waals surface area contributed by atoms with Gasteiger partial charge in [0.05, 0.1) is 0 Å². The fraction of sp³-hybridized carbons (Fsp3) is 0.190. The van der Waals surface area contributed by atoms with Crippen LogP contribution in [0.1, 0.15) is 28.9 Å². The molecule has 2 aromatic rings. The first-order chi connectivity index (χ1) is 13.8. The Hall–Kier alpha value is -3.65. The Morgan fingerprint density at radius 1 is 1.03 bits per heavy atom. The van der Waals surface area contributed by atoms with E-state index in [2.05, 4.69) is 5.32 Å². The van der Waals surface area contributed by atoms with Crippen LogP contribution in [0.5, 0.6) is 5.75 Å². The number of hydrogen-bond donors (Lipinski definition) is 3. The number of nitrogens with one attached hydrogen (secondary N) is 1. The fourth-order valence-corrected chi connectivity index (χ4v) is 2.52. The summed E-state index contributed by atoms with van der Waals surface area (Å²) in [6, 6.07) is 12.2. The number of anilines is 1. The van der Waals surface area contributed by atoms with Crippen molar-refractivity contribution >= 4 is 23.5 Å². The number of aliphatic carboxylic acids is 1. The molecule has 0 bridgehead atoms. The van der Waals surface area contributed by atoms with Crippen LogP contribution in [0.25, 0.3) is 0 Å².